The number of unbranched alkanes of at least 4 members (excludes halogenated alkanes) is 1. The number of esters is 1. The van der Waals surface area contributed by atoms with Crippen molar-refractivity contribution >= 4 is 41.1 Å². The molecule has 6 aliphatic rings. The molecule has 0 radical (unpaired) electrons. The molecule has 11 atom stereocenters. The number of nitrogens with two attached hydrogens (primary N) is 1. The number of aliphatic carboxylic acids is 1. The minimum absolute atomic E-state index is 0.0110. The first-order chi connectivity index (χ1) is 29.8. The maximum atomic E-state index is 14.5. The van der Waals surface area contributed by atoms with Gasteiger partial charge in [0.1, 0.15) is 6.10 Å². The van der Waals surface area contributed by atoms with Gasteiger partial charge in [-0.1, -0.05) is 85.9 Å². The summed E-state index contributed by atoms with van der Waals surface area (Å²) in [6.45, 7) is 20.5. The molecule has 0 aliphatic heterocycles. The molecule has 1 unspecified atom stereocenters. The molecule has 0 heterocycles. The summed E-state index contributed by atoms with van der Waals surface area (Å²) in [6, 6.07) is 5.08. The van der Waals surface area contributed by atoms with Gasteiger partial charge in [0.25, 0.3) is 5.91 Å². The van der Waals surface area contributed by atoms with E-state index in [0.717, 1.165) is 56.9 Å². The predicted octanol–water partition coefficient (Wildman–Crippen LogP) is 9.71. The van der Waals surface area contributed by atoms with Gasteiger partial charge in [-0.3, -0.25) is 24.0 Å². The summed E-state index contributed by atoms with van der Waals surface area (Å²) in [5.41, 5.74) is 6.71. The number of carboxylic acid groups (broad SMARTS) is 1. The number of benzene rings is 1. The van der Waals surface area contributed by atoms with E-state index in [9.17, 15) is 30.4 Å². The summed E-state index contributed by atoms with van der Waals surface area (Å²) < 4.78 is 15.9. The molecule has 2 amide bonds. The Balaban J connectivity index is 1.11. The fourth-order valence-electron chi connectivity index (χ4n) is 15.2. The van der Waals surface area contributed by atoms with Crippen molar-refractivity contribution in [2.24, 2.45) is 73.7 Å². The number of fused-ring (bicyclic) bond motifs is 7. The predicted molar refractivity (Wildman–Crippen MR) is 246 cm³/mol. The van der Waals surface area contributed by atoms with Crippen LogP contribution in [-0.4, -0.2) is 59.9 Å². The van der Waals surface area contributed by atoms with Crippen LogP contribution in [0.5, 0.6) is 0 Å². The highest BCUT2D eigenvalue weighted by molar-refractivity contribution is 6.30. The number of rotatable bonds is 14. The van der Waals surface area contributed by atoms with Crippen LogP contribution in [0.4, 0.5) is 0 Å². The van der Waals surface area contributed by atoms with Crippen molar-refractivity contribution in [3.8, 4) is 0 Å². The molecular formula is C52H76ClN3O7. The number of carbonyl (C=O) groups excluding carboxylic acids is 4. The molecule has 0 bridgehead atoms. The molecule has 0 spiro atoms. The Morgan fingerprint density at radius 1 is 0.889 bits per heavy atom. The Morgan fingerprint density at radius 3 is 2.22 bits per heavy atom. The zero-order chi connectivity index (χ0) is 47.0. The minimum Gasteiger partial charge on any atom is -0.481 e. The summed E-state index contributed by atoms with van der Waals surface area (Å²) in [7, 11) is 0. The summed E-state index contributed by atoms with van der Waals surface area (Å²) >= 11 is 6.05. The normalized spacial score (nSPS) is 37.5. The van der Waals surface area contributed by atoms with Crippen LogP contribution in [0, 0.1) is 68.0 Å². The summed E-state index contributed by atoms with van der Waals surface area (Å²) in [5, 5.41) is 16.2. The Kier molecular flexibility index (Phi) is 12.6. The van der Waals surface area contributed by atoms with Gasteiger partial charge in [-0.2, -0.15) is 0 Å². The lowest BCUT2D eigenvalue weighted by Gasteiger charge is -2.72. The quantitative estimate of drug-likeness (QED) is 0.106. The lowest BCUT2D eigenvalue weighted by molar-refractivity contribution is -0.236. The van der Waals surface area contributed by atoms with Crippen LogP contribution in [0.1, 0.15) is 164 Å². The number of nitrogens with one attached hydrogen (secondary N) is 2. The van der Waals surface area contributed by atoms with Gasteiger partial charge in [0, 0.05) is 46.8 Å². The van der Waals surface area contributed by atoms with E-state index < -0.39 is 34.7 Å². The third kappa shape index (κ3) is 8.01. The second-order valence-electron chi connectivity index (χ2n) is 23.0. The van der Waals surface area contributed by atoms with Crippen LogP contribution in [0.15, 0.2) is 35.4 Å². The molecule has 1 aromatic carbocycles. The number of carbonyl (C=O) groups is 5. The van der Waals surface area contributed by atoms with Gasteiger partial charge in [0.2, 0.25) is 5.91 Å². The molecule has 0 aromatic heterocycles. The number of allylic oxidation sites excluding steroid dienone is 2. The Bertz CT molecular complexity index is 2070. The van der Waals surface area contributed by atoms with Crippen molar-refractivity contribution in [2.75, 3.05) is 13.1 Å². The average molecular weight is 892 g/mol. The van der Waals surface area contributed by atoms with Crippen molar-refractivity contribution in [2.45, 2.75) is 164 Å². The highest BCUT2D eigenvalue weighted by Crippen LogP contribution is 2.77. The molecule has 5 N–H and O–H groups in total. The number of amides is 2. The van der Waals surface area contributed by atoms with E-state index in [1.54, 1.807) is 24.3 Å². The molecule has 7 rings (SSSR count). The molecule has 5 saturated carbocycles. The Morgan fingerprint density at radius 2 is 1.59 bits per heavy atom. The molecule has 10 nitrogen and oxygen atoms in total. The molecule has 1 aromatic rings. The molecule has 0 saturated heterocycles. The van der Waals surface area contributed by atoms with Crippen molar-refractivity contribution in [1.29, 1.82) is 0 Å². The first-order valence-corrected chi connectivity index (χ1v) is 24.4. The van der Waals surface area contributed by atoms with Crippen molar-refractivity contribution in [1.82, 2.24) is 10.6 Å². The standard InChI is InChI=1S/C52H76ClN3O7/c1-30(2)42-37(57)27-52(28-41(58)56-33(12-10-11-25-54)29-55-44(59)31-13-15-32(53)16-14-31)24-23-50(8)34(43(42)52)17-18-39-49(7)21-20-40(48(5,6)38(49)19-22-51(39,50)9)63-46(62)36-26-35(45(60)61)47(36,3)4/h13-16,30,33-36,38-40H,10-12,17-29,54H2,1-9H3,(H,55,59)(H,56,58)(H,60,61)/t33?,34-,35+,36-,38+,39-,40+,49+,50-,51-,52+/m1/s1/i33D. The second-order valence-corrected chi connectivity index (χ2v) is 23.5. The van der Waals surface area contributed by atoms with Gasteiger partial charge >= 0.3 is 11.9 Å². The molecule has 63 heavy (non-hydrogen) atoms. The summed E-state index contributed by atoms with van der Waals surface area (Å²) in [4.78, 5) is 67.4. The maximum Gasteiger partial charge on any atom is 0.309 e. The number of ketones is 1. The number of Topliss-reactive ketones (excluding diaryl/α,β-unsaturated/α-hetero) is 1. The monoisotopic (exact) mass is 891 g/mol. The zero-order valence-corrected chi connectivity index (χ0v) is 40.3. The first kappa shape index (κ1) is 46.3. The van der Waals surface area contributed by atoms with E-state index in [2.05, 4.69) is 59.1 Å². The van der Waals surface area contributed by atoms with Crippen LogP contribution in [0.25, 0.3) is 0 Å². The van der Waals surface area contributed by atoms with Crippen LogP contribution >= 0.6 is 11.6 Å². The SMILES string of the molecule is [2H]C(CCCCN)(CNC(=O)c1ccc(Cl)cc1)NC(=O)C[C@@]12CC[C@]3(C)[C@H](CC[C@@H]4[C@@]5(C)CC[C@H](OC(=O)[C@H]6C[C@@H](C(=O)O)C6(C)C)C(C)(C)[C@@H]5CC[C@]43C)C1=C(C(C)C)C(=O)C2. The topological polar surface area (TPSA) is 165 Å². The van der Waals surface area contributed by atoms with E-state index >= 15 is 0 Å². The van der Waals surface area contributed by atoms with Gasteiger partial charge in [0.05, 0.1) is 13.2 Å². The largest absolute Gasteiger partial charge is 0.481 e. The number of hydrogen-bond acceptors (Lipinski definition) is 7. The van der Waals surface area contributed by atoms with Gasteiger partial charge in [0.15, 0.2) is 5.78 Å². The zero-order valence-electron chi connectivity index (χ0n) is 40.5. The Hall–Kier alpha value is -3.24. The fraction of sp³-hybridized carbons (Fsp3) is 0.750. The highest BCUT2D eigenvalue weighted by Gasteiger charge is 2.70. The molecule has 6 aliphatic carbocycles. The molecule has 348 valence electrons. The molecule has 5 fully saturated rings. The third-order valence-electron chi connectivity index (χ3n) is 18.9. The van der Waals surface area contributed by atoms with Crippen LogP contribution in [0.2, 0.25) is 5.02 Å². The van der Waals surface area contributed by atoms with Crippen molar-refractivity contribution in [3.63, 3.8) is 0 Å². The second kappa shape index (κ2) is 17.2. The van der Waals surface area contributed by atoms with E-state index in [4.69, 9.17) is 22.1 Å². The number of halogens is 1. The van der Waals surface area contributed by atoms with E-state index in [1.165, 1.54) is 5.57 Å². The van der Waals surface area contributed by atoms with Gasteiger partial charge in [-0.15, -0.1) is 0 Å². The van der Waals surface area contributed by atoms with E-state index in [-0.39, 0.29) is 76.1 Å². The maximum absolute atomic E-state index is 14.5. The van der Waals surface area contributed by atoms with Gasteiger partial charge in [-0.25, -0.2) is 0 Å². The van der Waals surface area contributed by atoms with Gasteiger partial charge < -0.3 is 26.2 Å². The van der Waals surface area contributed by atoms with Gasteiger partial charge in [-0.05, 0) is 152 Å². The number of ether oxygens (including phenoxy) is 1. The molecule has 11 heteroatoms. The lowest BCUT2D eigenvalue weighted by atomic mass is 9.33. The van der Waals surface area contributed by atoms with E-state index in [0.29, 0.717) is 61.1 Å². The molecular weight excluding hydrogens is 814 g/mol. The van der Waals surface area contributed by atoms with Crippen LogP contribution in [0.3, 0.4) is 0 Å². The number of carboxylic acids is 1. The van der Waals surface area contributed by atoms with E-state index in [1.807, 2.05) is 13.8 Å². The highest BCUT2D eigenvalue weighted by atomic mass is 35.5. The number of hydrogen-bond donors (Lipinski definition) is 4. The minimum atomic E-state index is -1.47. The van der Waals surface area contributed by atoms with Crippen molar-refractivity contribution < 1.29 is 35.2 Å². The smallest absolute Gasteiger partial charge is 0.309 e. The van der Waals surface area contributed by atoms with Crippen LogP contribution < -0.4 is 16.4 Å². The van der Waals surface area contributed by atoms with Crippen molar-refractivity contribution in [3.05, 3.63) is 46.0 Å². The fourth-order valence-corrected chi connectivity index (χ4v) is 15.3. The summed E-state index contributed by atoms with van der Waals surface area (Å²) in [6.07, 6.45) is 9.50. The average Bonchev–Trinajstić information content (AvgIpc) is 3.49. The Labute approximate surface area is 382 Å². The van der Waals surface area contributed by atoms with Crippen LogP contribution in [-0.2, 0) is 23.9 Å². The first-order valence-electron chi connectivity index (χ1n) is 24.6. The lowest BCUT2D eigenvalue weighted by Crippen LogP contribution is -2.66. The summed E-state index contributed by atoms with van der Waals surface area (Å²) in [5.74, 6) is -1.59. The third-order valence-corrected chi connectivity index (χ3v) is 19.2.